The highest BCUT2D eigenvalue weighted by atomic mass is 32.2. The van der Waals surface area contributed by atoms with Crippen molar-refractivity contribution in [3.05, 3.63) is 53.5 Å². The van der Waals surface area contributed by atoms with Gasteiger partial charge in [-0.3, -0.25) is 9.69 Å². The van der Waals surface area contributed by atoms with Gasteiger partial charge in [0.2, 0.25) is 5.91 Å². The number of aromatic nitrogens is 2. The largest absolute Gasteiger partial charge is 0.339 e. The average molecular weight is 385 g/mol. The van der Waals surface area contributed by atoms with Crippen LogP contribution in [0.5, 0.6) is 0 Å². The first kappa shape index (κ1) is 17.5. The molecule has 7 heteroatoms. The summed E-state index contributed by atoms with van der Waals surface area (Å²) in [4.78, 5) is 16.8. The highest BCUT2D eigenvalue weighted by Crippen LogP contribution is 2.22. The minimum atomic E-state index is 0.190. The molecule has 26 heavy (non-hydrogen) atoms. The van der Waals surface area contributed by atoms with E-state index in [1.807, 2.05) is 4.90 Å². The van der Waals surface area contributed by atoms with E-state index in [1.165, 1.54) is 39.4 Å². The van der Waals surface area contributed by atoms with Crippen LogP contribution in [-0.2, 0) is 11.3 Å². The molecule has 2 heterocycles. The third kappa shape index (κ3) is 4.06. The summed E-state index contributed by atoms with van der Waals surface area (Å²) in [6, 6.07) is 15.0. The van der Waals surface area contributed by atoms with Crippen LogP contribution in [0.3, 0.4) is 0 Å². The van der Waals surface area contributed by atoms with E-state index >= 15 is 0 Å². The lowest BCUT2D eigenvalue weighted by Crippen LogP contribution is -2.48. The predicted molar refractivity (Wildman–Crippen MR) is 106 cm³/mol. The highest BCUT2D eigenvalue weighted by molar-refractivity contribution is 8.01. The second-order valence-corrected chi connectivity index (χ2v) is 8.34. The van der Waals surface area contributed by atoms with Gasteiger partial charge in [0.1, 0.15) is 5.51 Å². The molecule has 1 amide bonds. The molecule has 0 N–H and O–H groups in total. The lowest BCUT2D eigenvalue weighted by molar-refractivity contribution is -0.130. The van der Waals surface area contributed by atoms with E-state index in [2.05, 4.69) is 57.6 Å². The summed E-state index contributed by atoms with van der Waals surface area (Å²) in [6.45, 7) is 4.35. The molecule has 134 valence electrons. The van der Waals surface area contributed by atoms with Gasteiger partial charge in [-0.05, 0) is 16.3 Å². The summed E-state index contributed by atoms with van der Waals surface area (Å²) in [7, 11) is 0. The van der Waals surface area contributed by atoms with Crippen LogP contribution in [0.2, 0.25) is 0 Å². The summed E-state index contributed by atoms with van der Waals surface area (Å²) in [6.07, 6.45) is 0. The molecular formula is C19H20N4OS2. The number of hydrogen-bond acceptors (Lipinski definition) is 6. The molecule has 4 rings (SSSR count). The zero-order valence-corrected chi connectivity index (χ0v) is 16.0. The minimum absolute atomic E-state index is 0.190. The van der Waals surface area contributed by atoms with Gasteiger partial charge in [0, 0.05) is 32.7 Å². The fourth-order valence-corrected chi connectivity index (χ4v) is 4.66. The van der Waals surface area contributed by atoms with Gasteiger partial charge < -0.3 is 4.90 Å². The molecule has 0 spiro atoms. The monoisotopic (exact) mass is 384 g/mol. The van der Waals surface area contributed by atoms with E-state index in [1.54, 1.807) is 5.51 Å². The predicted octanol–water partition coefficient (Wildman–Crippen LogP) is 3.13. The first-order valence-electron chi connectivity index (χ1n) is 8.65. The van der Waals surface area contributed by atoms with E-state index in [-0.39, 0.29) is 5.91 Å². The maximum Gasteiger partial charge on any atom is 0.233 e. The Balaban J connectivity index is 1.31. The summed E-state index contributed by atoms with van der Waals surface area (Å²) in [5.41, 5.74) is 3.05. The van der Waals surface area contributed by atoms with E-state index in [4.69, 9.17) is 0 Å². The van der Waals surface area contributed by atoms with E-state index in [0.717, 1.165) is 37.1 Å². The summed E-state index contributed by atoms with van der Waals surface area (Å²) >= 11 is 2.95. The molecule has 0 atom stereocenters. The lowest BCUT2D eigenvalue weighted by Gasteiger charge is -2.34. The fourth-order valence-electron chi connectivity index (χ4n) is 3.27. The lowest BCUT2D eigenvalue weighted by atomic mass is 10.0. The minimum Gasteiger partial charge on any atom is -0.339 e. The molecule has 0 radical (unpaired) electrons. The molecule has 3 aromatic rings. The second kappa shape index (κ2) is 8.16. The van der Waals surface area contributed by atoms with Gasteiger partial charge in [-0.15, -0.1) is 10.2 Å². The molecule has 0 aliphatic carbocycles. The Labute approximate surface area is 161 Å². The van der Waals surface area contributed by atoms with Crippen LogP contribution in [-0.4, -0.2) is 57.8 Å². The van der Waals surface area contributed by atoms with Gasteiger partial charge in [0.25, 0.3) is 0 Å². The Kier molecular flexibility index (Phi) is 5.48. The zero-order chi connectivity index (χ0) is 17.8. The topological polar surface area (TPSA) is 49.3 Å². The van der Waals surface area contributed by atoms with Crippen molar-refractivity contribution >= 4 is 39.8 Å². The second-order valence-electron chi connectivity index (χ2n) is 6.29. The smallest absolute Gasteiger partial charge is 0.233 e. The standard InChI is InChI=1S/C19H20N4OS2/c24-18(13-25-19-21-20-14-26-19)23-10-8-22(9-11-23)12-16-6-3-5-15-4-1-2-7-17(15)16/h1-7,14H,8-13H2. The number of amides is 1. The van der Waals surface area contributed by atoms with Crippen molar-refractivity contribution in [3.63, 3.8) is 0 Å². The molecule has 1 fully saturated rings. The van der Waals surface area contributed by atoms with Crippen LogP contribution in [0.1, 0.15) is 5.56 Å². The maximum absolute atomic E-state index is 12.4. The summed E-state index contributed by atoms with van der Waals surface area (Å²) in [5, 5.41) is 10.4. The Morgan fingerprint density at radius 2 is 1.88 bits per heavy atom. The third-order valence-electron chi connectivity index (χ3n) is 4.66. The molecule has 0 saturated carbocycles. The van der Waals surface area contributed by atoms with Gasteiger partial charge in [0.15, 0.2) is 4.34 Å². The van der Waals surface area contributed by atoms with Crippen LogP contribution >= 0.6 is 23.1 Å². The molecule has 0 bridgehead atoms. The van der Waals surface area contributed by atoms with Crippen molar-refractivity contribution in [2.75, 3.05) is 31.9 Å². The van der Waals surface area contributed by atoms with Crippen molar-refractivity contribution < 1.29 is 4.79 Å². The SMILES string of the molecule is O=C(CSc1nncs1)N1CCN(Cc2cccc3ccccc23)CC1. The van der Waals surface area contributed by atoms with E-state index in [0.29, 0.717) is 5.75 Å². The van der Waals surface area contributed by atoms with Gasteiger partial charge in [-0.25, -0.2) is 0 Å². The fraction of sp³-hybridized carbons (Fsp3) is 0.316. The first-order valence-corrected chi connectivity index (χ1v) is 10.5. The Bertz CT molecular complexity index is 871. The molecule has 1 saturated heterocycles. The Morgan fingerprint density at radius 3 is 2.69 bits per heavy atom. The van der Waals surface area contributed by atoms with Crippen molar-refractivity contribution in [3.8, 4) is 0 Å². The first-order chi connectivity index (χ1) is 12.8. The number of carbonyl (C=O) groups is 1. The maximum atomic E-state index is 12.4. The van der Waals surface area contributed by atoms with E-state index < -0.39 is 0 Å². The molecule has 1 aromatic heterocycles. The van der Waals surface area contributed by atoms with Gasteiger partial charge >= 0.3 is 0 Å². The Hall–Kier alpha value is -1.96. The molecule has 0 unspecified atom stereocenters. The quantitative estimate of drug-likeness (QED) is 0.633. The number of rotatable bonds is 5. The van der Waals surface area contributed by atoms with Crippen molar-refractivity contribution in [2.45, 2.75) is 10.9 Å². The Morgan fingerprint density at radius 1 is 1.08 bits per heavy atom. The number of piperazine rings is 1. The molecule has 1 aliphatic rings. The van der Waals surface area contributed by atoms with Crippen molar-refractivity contribution in [2.24, 2.45) is 0 Å². The van der Waals surface area contributed by atoms with Gasteiger partial charge in [-0.2, -0.15) is 0 Å². The average Bonchev–Trinajstić information content (AvgIpc) is 3.21. The van der Waals surface area contributed by atoms with E-state index in [9.17, 15) is 4.79 Å². The van der Waals surface area contributed by atoms with Crippen molar-refractivity contribution in [1.29, 1.82) is 0 Å². The van der Waals surface area contributed by atoms with Gasteiger partial charge in [-0.1, -0.05) is 65.6 Å². The molecule has 5 nitrogen and oxygen atoms in total. The summed E-state index contributed by atoms with van der Waals surface area (Å²) in [5.74, 6) is 0.633. The number of thioether (sulfide) groups is 1. The van der Waals surface area contributed by atoms with Gasteiger partial charge in [0.05, 0.1) is 5.75 Å². The zero-order valence-electron chi connectivity index (χ0n) is 14.4. The number of nitrogens with zero attached hydrogens (tertiary/aromatic N) is 4. The number of hydrogen-bond donors (Lipinski definition) is 0. The molecular weight excluding hydrogens is 364 g/mol. The number of benzene rings is 2. The normalized spacial score (nSPS) is 15.5. The van der Waals surface area contributed by atoms with Crippen LogP contribution < -0.4 is 0 Å². The van der Waals surface area contributed by atoms with Crippen LogP contribution in [0.15, 0.2) is 52.3 Å². The van der Waals surface area contributed by atoms with Crippen molar-refractivity contribution in [1.82, 2.24) is 20.0 Å². The number of carbonyl (C=O) groups excluding carboxylic acids is 1. The number of fused-ring (bicyclic) bond motifs is 1. The third-order valence-corrected chi connectivity index (χ3v) is 6.50. The van der Waals surface area contributed by atoms with Crippen LogP contribution in [0.4, 0.5) is 0 Å². The van der Waals surface area contributed by atoms with Crippen LogP contribution in [0.25, 0.3) is 10.8 Å². The highest BCUT2D eigenvalue weighted by Gasteiger charge is 2.21. The molecule has 2 aromatic carbocycles. The molecule has 1 aliphatic heterocycles. The van der Waals surface area contributed by atoms with Crippen LogP contribution in [0, 0.1) is 0 Å². The summed E-state index contributed by atoms with van der Waals surface area (Å²) < 4.78 is 0.855.